The van der Waals surface area contributed by atoms with Crippen LogP contribution in [0.5, 0.6) is 0 Å². The van der Waals surface area contributed by atoms with Crippen LogP contribution in [0, 0.1) is 11.3 Å². The molecular formula is C26H16BBrN2O2S. The molecule has 5 rings (SSSR count). The van der Waals surface area contributed by atoms with E-state index in [0.29, 0.717) is 14.8 Å². The van der Waals surface area contributed by atoms with Gasteiger partial charge >= 0.3 is 5.97 Å². The van der Waals surface area contributed by atoms with Gasteiger partial charge in [0.2, 0.25) is 0 Å². The maximum Gasteiger partial charge on any atom is 0.346 e. The third kappa shape index (κ3) is 3.66. The molecule has 0 saturated carbocycles. The molecule has 1 aliphatic heterocycles. The minimum absolute atomic E-state index is 0.277. The fourth-order valence-electron chi connectivity index (χ4n) is 4.33. The van der Waals surface area contributed by atoms with Gasteiger partial charge in [-0.1, -0.05) is 54.0 Å². The number of carboxylic acid groups (broad SMARTS) is 1. The van der Waals surface area contributed by atoms with Crippen molar-refractivity contribution in [3.05, 3.63) is 87.2 Å². The average molecular weight is 511 g/mol. The first-order valence-electron chi connectivity index (χ1n) is 10.3. The average Bonchev–Trinajstić information content (AvgIpc) is 3.32. The number of benzene rings is 2. The number of allylic oxidation sites excluding steroid dienone is 2. The van der Waals surface area contributed by atoms with Crippen LogP contribution in [0.2, 0.25) is 0 Å². The second-order valence-corrected chi connectivity index (χ2v) is 9.58. The first-order chi connectivity index (χ1) is 16.0. The van der Waals surface area contributed by atoms with Crippen LogP contribution in [-0.4, -0.2) is 25.0 Å². The van der Waals surface area contributed by atoms with Gasteiger partial charge in [-0.25, -0.2) is 4.79 Å². The van der Waals surface area contributed by atoms with Gasteiger partial charge in [0.05, 0.1) is 6.04 Å². The highest BCUT2D eigenvalue weighted by atomic mass is 79.9. The number of fused-ring (bicyclic) bond motifs is 3. The van der Waals surface area contributed by atoms with Crippen LogP contribution in [0.4, 0.5) is 11.4 Å². The zero-order chi connectivity index (χ0) is 23.1. The van der Waals surface area contributed by atoms with Gasteiger partial charge < -0.3 is 10.0 Å². The van der Waals surface area contributed by atoms with Crippen molar-refractivity contribution >= 4 is 69.6 Å². The summed E-state index contributed by atoms with van der Waals surface area (Å²) in [6.07, 6.45) is 8.80. The van der Waals surface area contributed by atoms with Gasteiger partial charge in [-0.15, -0.1) is 11.3 Å². The van der Waals surface area contributed by atoms with Crippen molar-refractivity contribution in [2.24, 2.45) is 0 Å². The Balaban J connectivity index is 1.51. The highest BCUT2D eigenvalue weighted by Gasteiger charge is 2.34. The van der Waals surface area contributed by atoms with Crippen LogP contribution in [0.15, 0.2) is 76.8 Å². The van der Waals surface area contributed by atoms with Gasteiger partial charge in [-0.3, -0.25) is 0 Å². The zero-order valence-electron chi connectivity index (χ0n) is 17.3. The van der Waals surface area contributed by atoms with E-state index in [-0.39, 0.29) is 11.6 Å². The van der Waals surface area contributed by atoms with Crippen molar-refractivity contribution in [3.8, 4) is 16.5 Å². The topological polar surface area (TPSA) is 64.3 Å². The van der Waals surface area contributed by atoms with E-state index >= 15 is 0 Å². The fourth-order valence-corrected chi connectivity index (χ4v) is 6.20. The number of anilines is 2. The highest BCUT2D eigenvalue weighted by molar-refractivity contribution is 9.10. The van der Waals surface area contributed by atoms with Crippen molar-refractivity contribution < 1.29 is 9.90 Å². The number of aliphatic carboxylic acids is 1. The molecule has 33 heavy (non-hydrogen) atoms. The second kappa shape index (κ2) is 8.55. The predicted molar refractivity (Wildman–Crippen MR) is 138 cm³/mol. The maximum absolute atomic E-state index is 11.2. The van der Waals surface area contributed by atoms with Gasteiger partial charge in [0.25, 0.3) is 0 Å². The van der Waals surface area contributed by atoms with Crippen LogP contribution in [0.25, 0.3) is 22.1 Å². The van der Waals surface area contributed by atoms with E-state index in [4.69, 9.17) is 18.2 Å². The van der Waals surface area contributed by atoms with Crippen LogP contribution in [-0.2, 0) is 4.79 Å². The molecule has 1 aromatic heterocycles. The predicted octanol–water partition coefficient (Wildman–Crippen LogP) is 5.83. The third-order valence-corrected chi connectivity index (χ3v) is 8.15. The molecule has 1 atom stereocenters. The smallest absolute Gasteiger partial charge is 0.346 e. The maximum atomic E-state index is 11.2. The molecule has 158 valence electrons. The number of halogens is 1. The number of nitriles is 1. The van der Waals surface area contributed by atoms with E-state index < -0.39 is 5.97 Å². The highest BCUT2D eigenvalue weighted by Crippen LogP contribution is 2.47. The van der Waals surface area contributed by atoms with Crippen molar-refractivity contribution in [3.63, 3.8) is 0 Å². The number of nitrogens with zero attached hydrogens (tertiary/aromatic N) is 2. The summed E-state index contributed by atoms with van der Waals surface area (Å²) < 4.78 is 0.698. The van der Waals surface area contributed by atoms with E-state index in [0.717, 1.165) is 22.5 Å². The molecule has 1 aliphatic carbocycles. The van der Waals surface area contributed by atoms with Crippen molar-refractivity contribution in [2.45, 2.75) is 12.5 Å². The number of para-hydroxylation sites is 1. The zero-order valence-corrected chi connectivity index (χ0v) is 19.7. The molecule has 2 radical (unpaired) electrons. The summed E-state index contributed by atoms with van der Waals surface area (Å²) in [5, 5.41) is 18.2. The summed E-state index contributed by atoms with van der Waals surface area (Å²) in [6, 6.07) is 18.7. The fraction of sp³-hybridized carbons (Fsp3) is 0.0769. The molecule has 1 unspecified atom stereocenters. The lowest BCUT2D eigenvalue weighted by Crippen LogP contribution is -2.26. The summed E-state index contributed by atoms with van der Waals surface area (Å²) >= 11 is 4.89. The van der Waals surface area contributed by atoms with Gasteiger partial charge in [0.15, 0.2) is 0 Å². The van der Waals surface area contributed by atoms with Crippen molar-refractivity contribution in [1.29, 1.82) is 5.26 Å². The lowest BCUT2D eigenvalue weighted by molar-refractivity contribution is -0.132. The molecule has 0 amide bonds. The Labute approximate surface area is 205 Å². The monoisotopic (exact) mass is 510 g/mol. The van der Waals surface area contributed by atoms with E-state index in [9.17, 15) is 4.79 Å². The van der Waals surface area contributed by atoms with E-state index in [1.807, 2.05) is 12.1 Å². The first-order valence-corrected chi connectivity index (χ1v) is 11.9. The first kappa shape index (κ1) is 21.5. The molecule has 0 fully saturated rings. The van der Waals surface area contributed by atoms with E-state index in [1.54, 1.807) is 6.07 Å². The third-order valence-electron chi connectivity index (χ3n) is 5.86. The Morgan fingerprint density at radius 1 is 1.24 bits per heavy atom. The summed E-state index contributed by atoms with van der Waals surface area (Å²) in [5.41, 5.74) is 5.95. The van der Waals surface area contributed by atoms with Crippen molar-refractivity contribution in [1.82, 2.24) is 0 Å². The molecule has 0 saturated heterocycles. The van der Waals surface area contributed by atoms with Gasteiger partial charge in [-0.2, -0.15) is 5.26 Å². The Kier molecular flexibility index (Phi) is 5.57. The molecule has 4 nitrogen and oxygen atoms in total. The van der Waals surface area contributed by atoms with Gasteiger partial charge in [0, 0.05) is 31.2 Å². The minimum atomic E-state index is -1.27. The normalized spacial score (nSPS) is 16.7. The lowest BCUT2D eigenvalue weighted by Gasteiger charge is -2.28. The molecular weight excluding hydrogens is 495 g/mol. The SMILES string of the molecule is [B]c1c(/C=C(\C#N)C(=O)O)sc(-c2ccc(N3c4ccccc4C4=CC=CCC43)cc2)c1Br. The summed E-state index contributed by atoms with van der Waals surface area (Å²) in [5.74, 6) is -1.27. The van der Waals surface area contributed by atoms with Crippen LogP contribution < -0.4 is 10.4 Å². The quantitative estimate of drug-likeness (QED) is 0.272. The Bertz CT molecular complexity index is 1410. The Morgan fingerprint density at radius 2 is 2.00 bits per heavy atom. The van der Waals surface area contributed by atoms with Gasteiger partial charge in [-0.05, 0) is 57.8 Å². The van der Waals surface area contributed by atoms with E-state index in [1.165, 1.54) is 34.2 Å². The number of carboxylic acids is 1. The number of thiophene rings is 1. The standard InChI is InChI=1S/C26H16BBrN2O2S/c27-23-22(13-16(14-29)26(31)32)33-25(24(23)28)15-9-11-17(12-10-15)30-20-7-3-1-5-18(20)19-6-2-4-8-21(19)30/h1-7,9-13,21H,8H2,(H,31,32)/b16-13+. The lowest BCUT2D eigenvalue weighted by atomic mass is 9.95. The van der Waals surface area contributed by atoms with Crippen LogP contribution in [0.1, 0.15) is 16.9 Å². The molecule has 2 aromatic carbocycles. The molecule has 2 aliphatic rings. The molecule has 0 spiro atoms. The van der Waals surface area contributed by atoms with Crippen LogP contribution in [0.3, 0.4) is 0 Å². The second-order valence-electron chi connectivity index (χ2n) is 7.73. The summed E-state index contributed by atoms with van der Waals surface area (Å²) in [4.78, 5) is 15.0. The van der Waals surface area contributed by atoms with Crippen LogP contribution >= 0.6 is 27.3 Å². The molecule has 7 heteroatoms. The van der Waals surface area contributed by atoms with E-state index in [2.05, 4.69) is 75.5 Å². The molecule has 0 bridgehead atoms. The molecule has 2 heterocycles. The summed E-state index contributed by atoms with van der Waals surface area (Å²) in [7, 11) is 6.20. The van der Waals surface area contributed by atoms with Gasteiger partial charge in [0.1, 0.15) is 19.5 Å². The molecule has 3 aromatic rings. The Hall–Kier alpha value is -3.34. The van der Waals surface area contributed by atoms with Crippen molar-refractivity contribution in [2.75, 3.05) is 4.90 Å². The number of hydrogen-bond acceptors (Lipinski definition) is 4. The molecule has 1 N–H and O–H groups in total. The largest absolute Gasteiger partial charge is 0.477 e. The Morgan fingerprint density at radius 3 is 2.73 bits per heavy atom. The minimum Gasteiger partial charge on any atom is -0.477 e. The number of carbonyl (C=O) groups is 1. The summed E-state index contributed by atoms with van der Waals surface area (Å²) in [6.45, 7) is 0. The number of rotatable bonds is 4. The number of hydrogen-bond donors (Lipinski definition) is 1.